The summed E-state index contributed by atoms with van der Waals surface area (Å²) in [4.78, 5) is 15.0. The first kappa shape index (κ1) is 20.4. The van der Waals surface area contributed by atoms with Crippen molar-refractivity contribution in [2.45, 2.75) is 32.4 Å². The number of esters is 1. The van der Waals surface area contributed by atoms with Crippen LogP contribution in [0.1, 0.15) is 41.6 Å². The lowest BCUT2D eigenvalue weighted by molar-refractivity contribution is 0.0520. The SMILES string of the molecule is CCOC(=O)c1cc2cc(CC(C)NCC(O)c3cccc(Cl)c3)ccc2[nH]1. The van der Waals surface area contributed by atoms with Gasteiger partial charge in [-0.1, -0.05) is 29.8 Å². The van der Waals surface area contributed by atoms with Crippen LogP contribution < -0.4 is 5.32 Å². The number of hydrogen-bond acceptors (Lipinski definition) is 4. The summed E-state index contributed by atoms with van der Waals surface area (Å²) < 4.78 is 5.04. The molecule has 0 saturated heterocycles. The molecule has 0 spiro atoms. The fourth-order valence-electron chi connectivity index (χ4n) is 3.20. The second kappa shape index (κ2) is 9.24. The molecule has 0 fully saturated rings. The lowest BCUT2D eigenvalue weighted by Gasteiger charge is -2.18. The van der Waals surface area contributed by atoms with Gasteiger partial charge in [-0.2, -0.15) is 0 Å². The number of benzene rings is 2. The van der Waals surface area contributed by atoms with E-state index in [0.29, 0.717) is 23.9 Å². The molecular weight excluding hydrogens is 376 g/mol. The minimum Gasteiger partial charge on any atom is -0.461 e. The molecule has 0 aliphatic rings. The number of halogens is 1. The Kier molecular flexibility index (Phi) is 6.73. The summed E-state index contributed by atoms with van der Waals surface area (Å²) in [7, 11) is 0. The van der Waals surface area contributed by atoms with E-state index in [-0.39, 0.29) is 12.0 Å². The summed E-state index contributed by atoms with van der Waals surface area (Å²) in [5.41, 5.74) is 3.32. The number of hydrogen-bond donors (Lipinski definition) is 3. The third kappa shape index (κ3) is 5.13. The van der Waals surface area contributed by atoms with Gasteiger partial charge in [-0.25, -0.2) is 4.79 Å². The van der Waals surface area contributed by atoms with E-state index in [1.54, 1.807) is 19.1 Å². The van der Waals surface area contributed by atoms with Crippen LogP contribution in [0.2, 0.25) is 5.02 Å². The minimum absolute atomic E-state index is 0.176. The number of aliphatic hydroxyl groups excluding tert-OH is 1. The van der Waals surface area contributed by atoms with Crippen molar-refractivity contribution in [3.05, 3.63) is 70.4 Å². The minimum atomic E-state index is -0.611. The van der Waals surface area contributed by atoms with Gasteiger partial charge in [-0.15, -0.1) is 0 Å². The third-order valence-electron chi connectivity index (χ3n) is 4.62. The Bertz CT molecular complexity index is 954. The fraction of sp³-hybridized carbons (Fsp3) is 0.318. The summed E-state index contributed by atoms with van der Waals surface area (Å²) in [6, 6.07) is 15.3. The second-order valence-corrected chi connectivity index (χ2v) is 7.35. The van der Waals surface area contributed by atoms with Gasteiger partial charge in [-0.05, 0) is 61.7 Å². The lowest BCUT2D eigenvalue weighted by atomic mass is 10.0. The van der Waals surface area contributed by atoms with Crippen LogP contribution in [0.25, 0.3) is 10.9 Å². The van der Waals surface area contributed by atoms with Crippen LogP contribution in [0.3, 0.4) is 0 Å². The van der Waals surface area contributed by atoms with E-state index in [2.05, 4.69) is 23.3 Å². The Labute approximate surface area is 169 Å². The number of carbonyl (C=O) groups excluding carboxylic acids is 1. The Morgan fingerprint density at radius 2 is 2.07 bits per heavy atom. The predicted octanol–water partition coefficient (Wildman–Crippen LogP) is 4.25. The van der Waals surface area contributed by atoms with E-state index in [1.165, 1.54) is 0 Å². The Balaban J connectivity index is 1.59. The van der Waals surface area contributed by atoms with Gasteiger partial charge in [0.05, 0.1) is 12.7 Å². The number of ether oxygens (including phenoxy) is 1. The molecule has 1 aromatic heterocycles. The Morgan fingerprint density at radius 3 is 2.82 bits per heavy atom. The van der Waals surface area contributed by atoms with Gasteiger partial charge in [0.1, 0.15) is 5.69 Å². The Hall–Kier alpha value is -2.34. The standard InChI is InChI=1S/C22H25ClN2O3/c1-3-28-22(27)20-12-17-10-15(7-8-19(17)25-20)9-14(2)24-13-21(26)16-5-4-6-18(23)11-16/h4-8,10-12,14,21,24-26H,3,9,13H2,1-2H3. The maximum Gasteiger partial charge on any atom is 0.354 e. The average Bonchev–Trinajstić information content (AvgIpc) is 3.10. The molecule has 2 atom stereocenters. The first-order valence-electron chi connectivity index (χ1n) is 9.42. The van der Waals surface area contributed by atoms with Gasteiger partial charge in [0.2, 0.25) is 0 Å². The zero-order valence-corrected chi connectivity index (χ0v) is 16.8. The third-order valence-corrected chi connectivity index (χ3v) is 4.85. The highest BCUT2D eigenvalue weighted by Gasteiger charge is 2.13. The van der Waals surface area contributed by atoms with Crippen molar-refractivity contribution in [3.63, 3.8) is 0 Å². The van der Waals surface area contributed by atoms with E-state index >= 15 is 0 Å². The smallest absolute Gasteiger partial charge is 0.354 e. The molecule has 2 aromatic carbocycles. The Morgan fingerprint density at radius 1 is 1.25 bits per heavy atom. The first-order valence-corrected chi connectivity index (χ1v) is 9.79. The molecule has 0 bridgehead atoms. The van der Waals surface area contributed by atoms with Gasteiger partial charge in [0.25, 0.3) is 0 Å². The predicted molar refractivity (Wildman–Crippen MR) is 112 cm³/mol. The molecule has 0 amide bonds. The molecule has 3 rings (SSSR count). The zero-order valence-electron chi connectivity index (χ0n) is 16.0. The summed E-state index contributed by atoms with van der Waals surface area (Å²) in [6.45, 7) is 4.66. The summed E-state index contributed by atoms with van der Waals surface area (Å²) in [5.74, 6) is -0.342. The zero-order chi connectivity index (χ0) is 20.1. The molecule has 0 aliphatic carbocycles. The van der Waals surface area contributed by atoms with Gasteiger partial charge in [-0.3, -0.25) is 0 Å². The molecule has 0 radical (unpaired) electrons. The number of rotatable bonds is 8. The highest BCUT2D eigenvalue weighted by atomic mass is 35.5. The molecule has 5 nitrogen and oxygen atoms in total. The summed E-state index contributed by atoms with van der Waals surface area (Å²) in [6.07, 6.45) is 0.193. The second-order valence-electron chi connectivity index (χ2n) is 6.91. The molecule has 148 valence electrons. The maximum atomic E-state index is 11.9. The van der Waals surface area contributed by atoms with E-state index in [9.17, 15) is 9.90 Å². The fourth-order valence-corrected chi connectivity index (χ4v) is 3.40. The molecule has 0 aliphatic heterocycles. The van der Waals surface area contributed by atoms with Crippen LogP contribution >= 0.6 is 11.6 Å². The van der Waals surface area contributed by atoms with Crippen LogP contribution in [0, 0.1) is 0 Å². The highest BCUT2D eigenvalue weighted by molar-refractivity contribution is 6.30. The average molecular weight is 401 g/mol. The number of aromatic nitrogens is 1. The molecule has 28 heavy (non-hydrogen) atoms. The van der Waals surface area contributed by atoms with Crippen molar-refractivity contribution in [2.75, 3.05) is 13.2 Å². The normalized spacial score (nSPS) is 13.4. The summed E-state index contributed by atoms with van der Waals surface area (Å²) in [5, 5.41) is 15.3. The molecule has 3 aromatic rings. The number of carbonyl (C=O) groups is 1. The van der Waals surface area contributed by atoms with Crippen molar-refractivity contribution in [1.29, 1.82) is 0 Å². The molecule has 2 unspecified atom stereocenters. The topological polar surface area (TPSA) is 74.3 Å². The molecule has 0 saturated carbocycles. The number of fused-ring (bicyclic) bond motifs is 1. The molecule has 6 heteroatoms. The highest BCUT2D eigenvalue weighted by Crippen LogP contribution is 2.20. The number of nitrogens with one attached hydrogen (secondary N) is 2. The van der Waals surface area contributed by atoms with Gasteiger partial charge >= 0.3 is 5.97 Å². The van der Waals surface area contributed by atoms with E-state index in [1.807, 2.05) is 30.3 Å². The van der Waals surface area contributed by atoms with Crippen molar-refractivity contribution >= 4 is 28.5 Å². The van der Waals surface area contributed by atoms with Gasteiger partial charge in [0, 0.05) is 28.5 Å². The van der Waals surface area contributed by atoms with Gasteiger partial charge < -0.3 is 20.1 Å². The molecule has 1 heterocycles. The van der Waals surface area contributed by atoms with Crippen molar-refractivity contribution in [1.82, 2.24) is 10.3 Å². The van der Waals surface area contributed by atoms with E-state index in [4.69, 9.17) is 16.3 Å². The van der Waals surface area contributed by atoms with Crippen LogP contribution in [0.15, 0.2) is 48.5 Å². The maximum absolute atomic E-state index is 11.9. The van der Waals surface area contributed by atoms with Crippen LogP contribution in [-0.4, -0.2) is 35.3 Å². The monoisotopic (exact) mass is 400 g/mol. The van der Waals surface area contributed by atoms with Crippen LogP contribution in [0.5, 0.6) is 0 Å². The molecule has 3 N–H and O–H groups in total. The van der Waals surface area contributed by atoms with Crippen molar-refractivity contribution in [2.24, 2.45) is 0 Å². The van der Waals surface area contributed by atoms with E-state index in [0.717, 1.165) is 28.5 Å². The molecular formula is C22H25ClN2O3. The first-order chi connectivity index (χ1) is 13.5. The van der Waals surface area contributed by atoms with Gasteiger partial charge in [0.15, 0.2) is 0 Å². The van der Waals surface area contributed by atoms with Crippen LogP contribution in [-0.2, 0) is 11.2 Å². The van der Waals surface area contributed by atoms with Crippen molar-refractivity contribution in [3.8, 4) is 0 Å². The summed E-state index contributed by atoms with van der Waals surface area (Å²) >= 11 is 5.98. The quantitative estimate of drug-likeness (QED) is 0.494. The number of H-pyrrole nitrogens is 1. The largest absolute Gasteiger partial charge is 0.461 e. The van der Waals surface area contributed by atoms with E-state index < -0.39 is 6.10 Å². The van der Waals surface area contributed by atoms with Crippen LogP contribution in [0.4, 0.5) is 0 Å². The number of aliphatic hydroxyl groups is 1. The number of aromatic amines is 1. The lowest BCUT2D eigenvalue weighted by Crippen LogP contribution is -2.32. The van der Waals surface area contributed by atoms with Crippen molar-refractivity contribution < 1.29 is 14.6 Å².